The van der Waals surface area contributed by atoms with Gasteiger partial charge in [-0.3, -0.25) is 13.9 Å². The predicted molar refractivity (Wildman–Crippen MR) is 98.8 cm³/mol. The van der Waals surface area contributed by atoms with E-state index < -0.39 is 50.9 Å². The molecule has 4 heterocycles. The van der Waals surface area contributed by atoms with E-state index in [4.69, 9.17) is 15.0 Å². The fourth-order valence-electron chi connectivity index (χ4n) is 3.70. The third-order valence-corrected chi connectivity index (χ3v) is 6.85. The van der Waals surface area contributed by atoms with Gasteiger partial charge in [0.05, 0.1) is 12.9 Å². The van der Waals surface area contributed by atoms with Crippen LogP contribution in [-0.2, 0) is 18.6 Å². The van der Waals surface area contributed by atoms with E-state index in [1.54, 1.807) is 0 Å². The minimum absolute atomic E-state index is 0.0895. The lowest BCUT2D eigenvalue weighted by Crippen LogP contribution is -2.36. The van der Waals surface area contributed by atoms with Crippen molar-refractivity contribution in [3.63, 3.8) is 0 Å². The molecule has 0 aromatic carbocycles. The minimum Gasteiger partial charge on any atom is -0.480 e. The van der Waals surface area contributed by atoms with Crippen LogP contribution in [0.2, 0.25) is 0 Å². The summed E-state index contributed by atoms with van der Waals surface area (Å²) in [6.45, 7) is -0.457. The molecule has 2 saturated heterocycles. The lowest BCUT2D eigenvalue weighted by atomic mass is 10.1. The van der Waals surface area contributed by atoms with Crippen LogP contribution in [0.3, 0.4) is 0 Å². The van der Waals surface area contributed by atoms with Crippen LogP contribution in [0.5, 0.6) is 0 Å². The highest BCUT2D eigenvalue weighted by molar-refractivity contribution is 7.50. The Hall–Kier alpha value is -2.19. The number of aliphatic carboxylic acids is 1. The number of nitrogen functional groups attached to an aromatic ring is 1. The average molecular weight is 444 g/mol. The Bertz CT molecular complexity index is 1000. The first-order valence-electron chi connectivity index (χ1n) is 9.12. The first-order chi connectivity index (χ1) is 14.2. The van der Waals surface area contributed by atoms with Crippen molar-refractivity contribution >= 4 is 30.7 Å². The number of anilines is 1. The molecule has 6 N–H and O–H groups in total. The zero-order valence-corrected chi connectivity index (χ0v) is 16.4. The maximum Gasteiger partial charge on any atom is 0.406 e. The number of aromatic nitrogens is 4. The smallest absolute Gasteiger partial charge is 0.406 e. The Morgan fingerprint density at radius 1 is 1.33 bits per heavy atom. The molecule has 14 nitrogen and oxygen atoms in total. The highest BCUT2D eigenvalue weighted by atomic mass is 31.2. The second-order valence-corrected chi connectivity index (χ2v) is 8.83. The van der Waals surface area contributed by atoms with E-state index in [0.717, 1.165) is 4.67 Å². The molecule has 2 fully saturated rings. The fraction of sp³-hybridized carbons (Fsp3) is 0.600. The van der Waals surface area contributed by atoms with Crippen LogP contribution in [0.1, 0.15) is 19.1 Å². The molecule has 0 spiro atoms. The Labute approximate surface area is 169 Å². The summed E-state index contributed by atoms with van der Waals surface area (Å²) in [6, 6.07) is -1.13. The van der Waals surface area contributed by atoms with Gasteiger partial charge in [0.25, 0.3) is 0 Å². The first kappa shape index (κ1) is 21.1. The molecule has 2 aromatic heterocycles. The van der Waals surface area contributed by atoms with Gasteiger partial charge in [0.2, 0.25) is 0 Å². The lowest BCUT2D eigenvalue weighted by Gasteiger charge is -2.26. The average Bonchev–Trinajstić information content (AvgIpc) is 3.40. The van der Waals surface area contributed by atoms with Crippen LogP contribution < -0.4 is 5.73 Å². The predicted octanol–water partition coefficient (Wildman–Crippen LogP) is -1.31. The third kappa shape index (κ3) is 3.56. The zero-order chi connectivity index (χ0) is 21.6. The zero-order valence-electron chi connectivity index (χ0n) is 15.6. The number of hydrogen-bond donors (Lipinski definition) is 5. The SMILES string of the molecule is Nc1ncnc2c1ncn2[C@@H]1O[C@H](COP(=O)(O)N2CCC[C@H]2C(=O)O)[C@@H](O)[C@H]1O. The summed E-state index contributed by atoms with van der Waals surface area (Å²) >= 11 is 0. The quantitative estimate of drug-likeness (QED) is 0.329. The number of carboxylic acids is 1. The van der Waals surface area contributed by atoms with Crippen molar-refractivity contribution < 1.29 is 38.8 Å². The van der Waals surface area contributed by atoms with E-state index >= 15 is 0 Å². The molecule has 0 aliphatic carbocycles. The van der Waals surface area contributed by atoms with Gasteiger partial charge in [-0.1, -0.05) is 0 Å². The number of aliphatic hydroxyl groups is 2. The van der Waals surface area contributed by atoms with Crippen LogP contribution in [0.4, 0.5) is 5.82 Å². The van der Waals surface area contributed by atoms with Gasteiger partial charge in [-0.25, -0.2) is 19.5 Å². The minimum atomic E-state index is -4.45. The maximum atomic E-state index is 12.5. The summed E-state index contributed by atoms with van der Waals surface area (Å²) in [4.78, 5) is 33.4. The molecule has 6 atom stereocenters. The second kappa shape index (κ2) is 7.81. The molecule has 30 heavy (non-hydrogen) atoms. The molecule has 0 radical (unpaired) electrons. The van der Waals surface area contributed by atoms with Crippen LogP contribution >= 0.6 is 7.75 Å². The van der Waals surface area contributed by atoms with Crippen molar-refractivity contribution in [2.45, 2.75) is 43.4 Å². The summed E-state index contributed by atoms with van der Waals surface area (Å²) in [7, 11) is -4.45. The van der Waals surface area contributed by atoms with E-state index in [1.165, 1.54) is 17.2 Å². The van der Waals surface area contributed by atoms with Crippen molar-refractivity contribution in [2.24, 2.45) is 0 Å². The number of hydrogen-bond acceptors (Lipinski definition) is 10. The molecule has 0 bridgehead atoms. The molecule has 4 rings (SSSR count). The molecule has 0 amide bonds. The van der Waals surface area contributed by atoms with Gasteiger partial charge in [-0.15, -0.1) is 0 Å². The molecule has 1 unspecified atom stereocenters. The summed E-state index contributed by atoms with van der Waals surface area (Å²) in [6.07, 6.45) is -1.93. The Kier molecular flexibility index (Phi) is 5.48. The van der Waals surface area contributed by atoms with Crippen LogP contribution in [0.15, 0.2) is 12.7 Å². The van der Waals surface area contributed by atoms with Gasteiger partial charge < -0.3 is 30.7 Å². The summed E-state index contributed by atoms with van der Waals surface area (Å²) in [5.74, 6) is -1.09. The number of carboxylic acid groups (broad SMARTS) is 1. The van der Waals surface area contributed by atoms with Crippen molar-refractivity contribution in [1.82, 2.24) is 24.2 Å². The monoisotopic (exact) mass is 444 g/mol. The third-order valence-electron chi connectivity index (χ3n) is 5.24. The number of imidazole rings is 1. The number of fused-ring (bicyclic) bond motifs is 1. The normalized spacial score (nSPS) is 31.9. The largest absolute Gasteiger partial charge is 0.480 e. The molecular weight excluding hydrogens is 423 g/mol. The van der Waals surface area contributed by atoms with Gasteiger partial charge in [-0.05, 0) is 12.8 Å². The first-order valence-corrected chi connectivity index (χ1v) is 10.7. The topological polar surface area (TPSA) is 206 Å². The number of rotatable bonds is 6. The molecule has 2 aliphatic rings. The van der Waals surface area contributed by atoms with Crippen LogP contribution in [0.25, 0.3) is 11.2 Å². The number of nitrogens with two attached hydrogens (primary N) is 1. The van der Waals surface area contributed by atoms with Crippen molar-refractivity contribution in [1.29, 1.82) is 0 Å². The summed E-state index contributed by atoms with van der Waals surface area (Å²) < 4.78 is 25.5. The molecule has 2 aromatic rings. The summed E-state index contributed by atoms with van der Waals surface area (Å²) in [5, 5.41) is 29.9. The van der Waals surface area contributed by atoms with E-state index in [0.29, 0.717) is 6.42 Å². The molecule has 2 aliphatic heterocycles. The number of carbonyl (C=O) groups is 1. The highest BCUT2D eigenvalue weighted by Crippen LogP contribution is 2.51. The molecular formula is C15H21N6O8P. The highest BCUT2D eigenvalue weighted by Gasteiger charge is 2.47. The fourth-order valence-corrected chi connectivity index (χ4v) is 5.15. The second-order valence-electron chi connectivity index (χ2n) is 7.07. The standard InChI is InChI=1S/C15H21N6O8P/c16-12-9-13(18-5-17-12)20(6-19-9)14-11(23)10(22)8(29-14)4-28-30(26,27)21-3-1-2-7(21)15(24)25/h5-8,10-11,14,22-23H,1-4H2,(H,24,25)(H,26,27)(H2,16,17,18)/t7-,8+,10+,11+,14+/m0/s1. The Morgan fingerprint density at radius 3 is 2.83 bits per heavy atom. The van der Waals surface area contributed by atoms with Crippen molar-refractivity contribution in [2.75, 3.05) is 18.9 Å². The Morgan fingerprint density at radius 2 is 2.10 bits per heavy atom. The number of ether oxygens (including phenoxy) is 1. The van der Waals surface area contributed by atoms with E-state index in [9.17, 15) is 29.6 Å². The van der Waals surface area contributed by atoms with E-state index in [-0.39, 0.29) is 29.9 Å². The van der Waals surface area contributed by atoms with Crippen molar-refractivity contribution in [3.8, 4) is 0 Å². The number of nitrogens with zero attached hydrogens (tertiary/aromatic N) is 5. The van der Waals surface area contributed by atoms with Crippen molar-refractivity contribution in [3.05, 3.63) is 12.7 Å². The Balaban J connectivity index is 1.48. The van der Waals surface area contributed by atoms with Gasteiger partial charge in [-0.2, -0.15) is 4.67 Å². The van der Waals surface area contributed by atoms with Gasteiger partial charge >= 0.3 is 13.7 Å². The van der Waals surface area contributed by atoms with Gasteiger partial charge in [0.1, 0.15) is 36.2 Å². The molecule has 0 saturated carbocycles. The van der Waals surface area contributed by atoms with Crippen LogP contribution in [0, 0.1) is 0 Å². The summed E-state index contributed by atoms with van der Waals surface area (Å²) in [5.41, 5.74) is 6.30. The molecule has 15 heteroatoms. The van der Waals surface area contributed by atoms with E-state index in [2.05, 4.69) is 15.0 Å². The van der Waals surface area contributed by atoms with Crippen LogP contribution in [-0.4, -0.2) is 87.9 Å². The van der Waals surface area contributed by atoms with Gasteiger partial charge in [0.15, 0.2) is 17.7 Å². The van der Waals surface area contributed by atoms with E-state index in [1.807, 2.05) is 0 Å². The number of aliphatic hydroxyl groups excluding tert-OH is 2. The lowest BCUT2D eigenvalue weighted by molar-refractivity contribution is -0.141. The molecule has 164 valence electrons. The maximum absolute atomic E-state index is 12.5. The van der Waals surface area contributed by atoms with Gasteiger partial charge in [0, 0.05) is 6.54 Å².